The summed E-state index contributed by atoms with van der Waals surface area (Å²) < 4.78 is 0. The molecular weight excluding hydrogens is 262 g/mol. The van der Waals surface area contributed by atoms with Gasteiger partial charge >= 0.3 is 0 Å². The number of carbonyl (C=O) groups excluding carboxylic acids is 1. The van der Waals surface area contributed by atoms with Gasteiger partial charge in [-0.1, -0.05) is 35.9 Å². The zero-order valence-corrected chi connectivity index (χ0v) is 12.5. The van der Waals surface area contributed by atoms with Crippen molar-refractivity contribution in [3.8, 4) is 0 Å². The van der Waals surface area contributed by atoms with E-state index in [2.05, 4.69) is 5.32 Å². The molecule has 2 aromatic rings. The Kier molecular flexibility index (Phi) is 4.95. The van der Waals surface area contributed by atoms with Crippen LogP contribution in [0.25, 0.3) is 0 Å². The minimum atomic E-state index is -0.0316. The predicted molar refractivity (Wildman–Crippen MR) is 87.0 cm³/mol. The van der Waals surface area contributed by atoms with Crippen molar-refractivity contribution < 1.29 is 4.79 Å². The molecule has 4 heteroatoms. The van der Waals surface area contributed by atoms with Crippen LogP contribution in [0.1, 0.15) is 11.1 Å². The molecule has 0 spiro atoms. The van der Waals surface area contributed by atoms with Crippen LogP contribution < -0.4 is 11.1 Å². The van der Waals surface area contributed by atoms with Crippen LogP contribution in [0.3, 0.4) is 0 Å². The van der Waals surface area contributed by atoms with Crippen molar-refractivity contribution in [3.05, 3.63) is 59.7 Å². The molecule has 4 nitrogen and oxygen atoms in total. The lowest BCUT2D eigenvalue weighted by Crippen LogP contribution is -2.30. The summed E-state index contributed by atoms with van der Waals surface area (Å²) in [6.07, 6.45) is 0. The predicted octanol–water partition coefficient (Wildman–Crippen LogP) is 2.65. The molecule has 21 heavy (non-hydrogen) atoms. The topological polar surface area (TPSA) is 58.4 Å². The van der Waals surface area contributed by atoms with Gasteiger partial charge in [0.2, 0.25) is 5.91 Å². The highest BCUT2D eigenvalue weighted by atomic mass is 16.2. The summed E-state index contributed by atoms with van der Waals surface area (Å²) in [7, 11) is 1.90. The molecule has 0 aliphatic heterocycles. The zero-order chi connectivity index (χ0) is 15.2. The van der Waals surface area contributed by atoms with Gasteiger partial charge in [-0.2, -0.15) is 0 Å². The second kappa shape index (κ2) is 6.90. The van der Waals surface area contributed by atoms with Crippen molar-refractivity contribution in [2.45, 2.75) is 13.5 Å². The number of nitrogens with zero attached hydrogens (tertiary/aromatic N) is 1. The van der Waals surface area contributed by atoms with E-state index in [4.69, 9.17) is 5.73 Å². The number of nitrogen functional groups attached to an aromatic ring is 1. The molecule has 0 unspecified atom stereocenters. The second-order valence-corrected chi connectivity index (χ2v) is 5.29. The number of para-hydroxylation sites is 1. The molecule has 0 heterocycles. The van der Waals surface area contributed by atoms with Gasteiger partial charge in [-0.25, -0.2) is 0 Å². The van der Waals surface area contributed by atoms with E-state index in [-0.39, 0.29) is 5.91 Å². The van der Waals surface area contributed by atoms with Gasteiger partial charge in [-0.15, -0.1) is 0 Å². The van der Waals surface area contributed by atoms with Crippen LogP contribution in [0.5, 0.6) is 0 Å². The third kappa shape index (κ3) is 4.61. The van der Waals surface area contributed by atoms with Gasteiger partial charge in [0.25, 0.3) is 0 Å². The van der Waals surface area contributed by atoms with Crippen molar-refractivity contribution >= 4 is 17.3 Å². The number of likely N-dealkylation sites (N-methyl/N-ethyl adjacent to an activating group) is 1. The number of nitrogens with one attached hydrogen (secondary N) is 1. The Bertz CT molecular complexity index is 608. The monoisotopic (exact) mass is 283 g/mol. The summed E-state index contributed by atoms with van der Waals surface area (Å²) in [4.78, 5) is 13.9. The average Bonchev–Trinajstić information content (AvgIpc) is 2.44. The van der Waals surface area contributed by atoms with Crippen molar-refractivity contribution in [2.75, 3.05) is 24.6 Å². The molecule has 0 fully saturated rings. The molecule has 1 amide bonds. The number of anilines is 2. The number of amides is 1. The van der Waals surface area contributed by atoms with E-state index in [0.29, 0.717) is 13.1 Å². The van der Waals surface area contributed by atoms with Crippen LogP contribution in [0.4, 0.5) is 11.4 Å². The Labute approximate surface area is 125 Å². The molecule has 2 rings (SSSR count). The minimum Gasteiger partial charge on any atom is -0.398 e. The van der Waals surface area contributed by atoms with E-state index in [0.717, 1.165) is 16.9 Å². The number of benzene rings is 2. The number of hydrogen-bond acceptors (Lipinski definition) is 3. The fourth-order valence-corrected chi connectivity index (χ4v) is 2.11. The van der Waals surface area contributed by atoms with Gasteiger partial charge in [0.15, 0.2) is 0 Å². The molecule has 2 aromatic carbocycles. The highest BCUT2D eigenvalue weighted by Gasteiger charge is 2.08. The lowest BCUT2D eigenvalue weighted by atomic mass is 10.2. The molecule has 0 saturated heterocycles. The van der Waals surface area contributed by atoms with E-state index < -0.39 is 0 Å². The minimum absolute atomic E-state index is 0.0316. The van der Waals surface area contributed by atoms with Crippen LogP contribution in [0.2, 0.25) is 0 Å². The van der Waals surface area contributed by atoms with Crippen molar-refractivity contribution in [2.24, 2.45) is 0 Å². The van der Waals surface area contributed by atoms with Crippen molar-refractivity contribution in [3.63, 3.8) is 0 Å². The Morgan fingerprint density at radius 3 is 2.48 bits per heavy atom. The van der Waals surface area contributed by atoms with Crippen molar-refractivity contribution in [1.29, 1.82) is 0 Å². The smallest absolute Gasteiger partial charge is 0.238 e. The zero-order valence-electron chi connectivity index (χ0n) is 12.5. The van der Waals surface area contributed by atoms with Gasteiger partial charge in [-0.05, 0) is 37.7 Å². The first kappa shape index (κ1) is 15.1. The molecule has 0 bridgehead atoms. The Balaban J connectivity index is 1.87. The van der Waals surface area contributed by atoms with Crippen LogP contribution in [-0.4, -0.2) is 24.4 Å². The lowest BCUT2D eigenvalue weighted by molar-refractivity contribution is -0.117. The first-order valence-electron chi connectivity index (χ1n) is 6.93. The average molecular weight is 283 g/mol. The Morgan fingerprint density at radius 2 is 1.81 bits per heavy atom. The number of rotatable bonds is 5. The quantitative estimate of drug-likeness (QED) is 0.829. The first-order valence-corrected chi connectivity index (χ1v) is 6.93. The maximum atomic E-state index is 12.0. The molecular formula is C17H21N3O. The third-order valence-corrected chi connectivity index (χ3v) is 3.24. The number of nitrogens with two attached hydrogens (primary N) is 1. The lowest BCUT2D eigenvalue weighted by Gasteiger charge is -2.17. The van der Waals surface area contributed by atoms with Gasteiger partial charge in [0, 0.05) is 17.9 Å². The second-order valence-electron chi connectivity index (χ2n) is 5.29. The fraction of sp³-hybridized carbons (Fsp3) is 0.235. The van der Waals surface area contributed by atoms with E-state index in [9.17, 15) is 4.79 Å². The summed E-state index contributed by atoms with van der Waals surface area (Å²) in [5, 5.41) is 2.89. The molecule has 0 saturated carbocycles. The standard InChI is InChI=1S/C17H21N3O/c1-13-7-9-15(10-8-13)19-17(21)12-20(2)11-14-5-3-4-6-16(14)18/h3-10H,11-12,18H2,1-2H3,(H,19,21). The summed E-state index contributed by atoms with van der Waals surface area (Å²) in [5.74, 6) is -0.0316. The normalized spacial score (nSPS) is 10.6. The van der Waals surface area contributed by atoms with E-state index >= 15 is 0 Å². The molecule has 0 aromatic heterocycles. The number of aryl methyl sites for hydroxylation is 1. The molecule has 0 aliphatic rings. The van der Waals surface area contributed by atoms with Gasteiger partial charge < -0.3 is 11.1 Å². The summed E-state index contributed by atoms with van der Waals surface area (Å²) in [6, 6.07) is 15.5. The fourth-order valence-electron chi connectivity index (χ4n) is 2.11. The van der Waals surface area contributed by atoms with Gasteiger partial charge in [-0.3, -0.25) is 9.69 Å². The molecule has 0 radical (unpaired) electrons. The highest BCUT2D eigenvalue weighted by Crippen LogP contribution is 2.13. The Morgan fingerprint density at radius 1 is 1.14 bits per heavy atom. The SMILES string of the molecule is Cc1ccc(NC(=O)CN(C)Cc2ccccc2N)cc1. The molecule has 0 aliphatic carbocycles. The largest absolute Gasteiger partial charge is 0.398 e. The van der Waals surface area contributed by atoms with Gasteiger partial charge in [0.1, 0.15) is 0 Å². The molecule has 3 N–H and O–H groups in total. The first-order chi connectivity index (χ1) is 10.0. The van der Waals surface area contributed by atoms with Crippen LogP contribution >= 0.6 is 0 Å². The van der Waals surface area contributed by atoms with Crippen LogP contribution in [-0.2, 0) is 11.3 Å². The Hall–Kier alpha value is -2.33. The summed E-state index contributed by atoms with van der Waals surface area (Å²) in [5.41, 5.74) is 9.68. The van der Waals surface area contributed by atoms with E-state index in [1.165, 1.54) is 5.56 Å². The summed E-state index contributed by atoms with van der Waals surface area (Å²) >= 11 is 0. The number of hydrogen-bond donors (Lipinski definition) is 2. The van der Waals surface area contributed by atoms with Crippen molar-refractivity contribution in [1.82, 2.24) is 4.90 Å². The number of carbonyl (C=O) groups is 1. The van der Waals surface area contributed by atoms with Gasteiger partial charge in [0.05, 0.1) is 6.54 Å². The van der Waals surface area contributed by atoms with E-state index in [1.54, 1.807) is 0 Å². The maximum absolute atomic E-state index is 12.0. The third-order valence-electron chi connectivity index (χ3n) is 3.24. The van der Waals surface area contributed by atoms with Crippen LogP contribution in [0, 0.1) is 6.92 Å². The summed E-state index contributed by atoms with van der Waals surface area (Å²) in [6.45, 7) is 2.99. The van der Waals surface area contributed by atoms with E-state index in [1.807, 2.05) is 67.4 Å². The molecule has 110 valence electrons. The van der Waals surface area contributed by atoms with Crippen LogP contribution in [0.15, 0.2) is 48.5 Å². The highest BCUT2D eigenvalue weighted by molar-refractivity contribution is 5.92. The maximum Gasteiger partial charge on any atom is 0.238 e. The molecule has 0 atom stereocenters.